The number of aromatic nitrogens is 3. The summed E-state index contributed by atoms with van der Waals surface area (Å²) in [7, 11) is 1.95. The number of nitrogens with one attached hydrogen (secondary N) is 2. The molecule has 2 rings (SSSR count). The Balaban J connectivity index is 2.02. The Morgan fingerprint density at radius 3 is 2.88 bits per heavy atom. The maximum absolute atomic E-state index is 5.28. The first-order valence-electron chi connectivity index (χ1n) is 4.93. The second-order valence-corrected chi connectivity index (χ2v) is 3.36. The van der Waals surface area contributed by atoms with Gasteiger partial charge in [0.05, 0.1) is 6.54 Å². The van der Waals surface area contributed by atoms with E-state index in [1.165, 1.54) is 0 Å². The first-order chi connectivity index (χ1) is 7.79. The summed E-state index contributed by atoms with van der Waals surface area (Å²) in [6.07, 6.45) is 3.67. The van der Waals surface area contributed by atoms with Gasteiger partial charge in [0.25, 0.3) is 0 Å². The van der Waals surface area contributed by atoms with Gasteiger partial charge in [-0.05, 0) is 12.1 Å². The summed E-state index contributed by atoms with van der Waals surface area (Å²) in [5, 5.41) is 3.17. The number of anilines is 2. The molecule has 0 spiro atoms. The molecule has 0 aliphatic carbocycles. The summed E-state index contributed by atoms with van der Waals surface area (Å²) in [6.45, 7) is 0.629. The van der Waals surface area contributed by atoms with E-state index < -0.39 is 0 Å². The van der Waals surface area contributed by atoms with Crippen LogP contribution in [0.3, 0.4) is 0 Å². The third kappa shape index (κ3) is 2.29. The van der Waals surface area contributed by atoms with Crippen molar-refractivity contribution in [1.82, 2.24) is 14.5 Å². The second-order valence-electron chi connectivity index (χ2n) is 3.36. The molecule has 0 aromatic carbocycles. The molecule has 0 aliphatic heterocycles. The number of aryl methyl sites for hydroxylation is 1. The van der Waals surface area contributed by atoms with Gasteiger partial charge in [-0.15, -0.1) is 0 Å². The van der Waals surface area contributed by atoms with E-state index in [-0.39, 0.29) is 0 Å². The van der Waals surface area contributed by atoms with Gasteiger partial charge >= 0.3 is 0 Å². The van der Waals surface area contributed by atoms with E-state index in [0.717, 1.165) is 11.6 Å². The van der Waals surface area contributed by atoms with Gasteiger partial charge < -0.3 is 15.3 Å². The van der Waals surface area contributed by atoms with Crippen molar-refractivity contribution in [2.24, 2.45) is 12.9 Å². The lowest BCUT2D eigenvalue weighted by Gasteiger charge is -2.06. The average Bonchev–Trinajstić information content (AvgIpc) is 2.72. The molecule has 0 aliphatic rings. The average molecular weight is 218 g/mol. The molecule has 2 aromatic rings. The van der Waals surface area contributed by atoms with Gasteiger partial charge in [0, 0.05) is 19.4 Å². The van der Waals surface area contributed by atoms with Crippen LogP contribution in [-0.2, 0) is 13.6 Å². The molecule has 0 radical (unpaired) electrons. The van der Waals surface area contributed by atoms with Crippen molar-refractivity contribution in [2.45, 2.75) is 6.54 Å². The van der Waals surface area contributed by atoms with Crippen LogP contribution in [0.2, 0.25) is 0 Å². The molecule has 0 unspecified atom stereocenters. The number of rotatable bonds is 4. The number of hydrazine groups is 1. The Morgan fingerprint density at radius 1 is 1.38 bits per heavy atom. The third-order valence-electron chi connectivity index (χ3n) is 2.25. The van der Waals surface area contributed by atoms with Crippen LogP contribution >= 0.6 is 0 Å². The summed E-state index contributed by atoms with van der Waals surface area (Å²) >= 11 is 0. The minimum absolute atomic E-state index is 0.629. The number of nitrogens with zero attached hydrogens (tertiary/aromatic N) is 3. The van der Waals surface area contributed by atoms with Crippen molar-refractivity contribution < 1.29 is 0 Å². The van der Waals surface area contributed by atoms with Gasteiger partial charge in [-0.2, -0.15) is 0 Å². The Morgan fingerprint density at radius 2 is 2.19 bits per heavy atom. The van der Waals surface area contributed by atoms with E-state index in [1.807, 2.05) is 29.9 Å². The van der Waals surface area contributed by atoms with Crippen molar-refractivity contribution in [3.63, 3.8) is 0 Å². The highest BCUT2D eigenvalue weighted by Crippen LogP contribution is 2.08. The number of hydrogen-bond donors (Lipinski definition) is 3. The van der Waals surface area contributed by atoms with Crippen LogP contribution in [-0.4, -0.2) is 14.5 Å². The van der Waals surface area contributed by atoms with Gasteiger partial charge in [-0.1, -0.05) is 6.07 Å². The predicted molar refractivity (Wildman–Crippen MR) is 62.6 cm³/mol. The molecule has 0 fully saturated rings. The summed E-state index contributed by atoms with van der Waals surface area (Å²) in [5.74, 6) is 7.62. The number of pyridine rings is 1. The fourth-order valence-corrected chi connectivity index (χ4v) is 1.35. The molecular formula is C10H14N6. The van der Waals surface area contributed by atoms with Crippen molar-refractivity contribution in [1.29, 1.82) is 0 Å². The monoisotopic (exact) mass is 218 g/mol. The van der Waals surface area contributed by atoms with Gasteiger partial charge in [0.2, 0.25) is 0 Å². The highest BCUT2D eigenvalue weighted by Gasteiger charge is 2.00. The van der Waals surface area contributed by atoms with Crippen LogP contribution in [0.4, 0.5) is 11.6 Å². The first-order valence-corrected chi connectivity index (χ1v) is 4.93. The predicted octanol–water partition coefficient (Wildman–Crippen LogP) is 0.713. The molecule has 84 valence electrons. The van der Waals surface area contributed by atoms with E-state index in [9.17, 15) is 0 Å². The van der Waals surface area contributed by atoms with Crippen molar-refractivity contribution in [2.75, 3.05) is 10.7 Å². The Labute approximate surface area is 93.5 Å². The summed E-state index contributed by atoms with van der Waals surface area (Å²) in [4.78, 5) is 8.44. The zero-order valence-electron chi connectivity index (χ0n) is 9.01. The van der Waals surface area contributed by atoms with E-state index >= 15 is 0 Å². The van der Waals surface area contributed by atoms with Crippen molar-refractivity contribution in [3.05, 3.63) is 36.4 Å². The minimum Gasteiger partial charge on any atom is -0.363 e. The van der Waals surface area contributed by atoms with Gasteiger partial charge in [0.1, 0.15) is 17.5 Å². The summed E-state index contributed by atoms with van der Waals surface area (Å²) < 4.78 is 1.96. The van der Waals surface area contributed by atoms with Crippen LogP contribution in [0, 0.1) is 0 Å². The fraction of sp³-hybridized carbons (Fsp3) is 0.200. The second kappa shape index (κ2) is 4.63. The molecule has 0 saturated heterocycles. The molecule has 2 heterocycles. The first kappa shape index (κ1) is 10.4. The molecule has 6 nitrogen and oxygen atoms in total. The maximum atomic E-state index is 5.28. The third-order valence-corrected chi connectivity index (χ3v) is 2.25. The smallest absolute Gasteiger partial charge is 0.142 e. The highest BCUT2D eigenvalue weighted by molar-refractivity contribution is 5.44. The number of imidazole rings is 1. The zero-order valence-corrected chi connectivity index (χ0v) is 9.01. The maximum Gasteiger partial charge on any atom is 0.142 e. The summed E-state index contributed by atoms with van der Waals surface area (Å²) in [6, 6.07) is 5.55. The van der Waals surface area contributed by atoms with Gasteiger partial charge in [-0.25, -0.2) is 15.8 Å². The Hall–Kier alpha value is -2.08. The molecule has 0 amide bonds. The van der Waals surface area contributed by atoms with E-state index in [1.54, 1.807) is 12.3 Å². The lowest BCUT2D eigenvalue weighted by Crippen LogP contribution is -2.10. The molecule has 16 heavy (non-hydrogen) atoms. The summed E-state index contributed by atoms with van der Waals surface area (Å²) in [5.41, 5.74) is 2.50. The quantitative estimate of drug-likeness (QED) is 0.520. The zero-order chi connectivity index (χ0) is 11.4. The van der Waals surface area contributed by atoms with Crippen LogP contribution in [0.25, 0.3) is 0 Å². The molecule has 0 bridgehead atoms. The molecule has 4 N–H and O–H groups in total. The standard InChI is InChI=1S/C10H14N6/c1-16-6-5-12-10(16)7-13-8-3-2-4-9(14-8)15-11/h2-6H,7,11H2,1H3,(H2,13,14,15). The van der Waals surface area contributed by atoms with Crippen LogP contribution in [0.15, 0.2) is 30.6 Å². The Kier molecular flexibility index (Phi) is 3.02. The van der Waals surface area contributed by atoms with E-state index in [0.29, 0.717) is 12.4 Å². The van der Waals surface area contributed by atoms with Crippen molar-refractivity contribution >= 4 is 11.6 Å². The van der Waals surface area contributed by atoms with Crippen LogP contribution in [0.5, 0.6) is 0 Å². The lowest BCUT2D eigenvalue weighted by molar-refractivity contribution is 0.811. The van der Waals surface area contributed by atoms with Gasteiger partial charge in [-0.3, -0.25) is 0 Å². The molecule has 2 aromatic heterocycles. The molecule has 6 heteroatoms. The number of hydrogen-bond acceptors (Lipinski definition) is 5. The topological polar surface area (TPSA) is 80.8 Å². The fourth-order valence-electron chi connectivity index (χ4n) is 1.35. The molecule has 0 atom stereocenters. The minimum atomic E-state index is 0.629. The van der Waals surface area contributed by atoms with Crippen LogP contribution in [0.1, 0.15) is 5.82 Å². The van der Waals surface area contributed by atoms with Crippen molar-refractivity contribution in [3.8, 4) is 0 Å². The largest absolute Gasteiger partial charge is 0.363 e. The van der Waals surface area contributed by atoms with Gasteiger partial charge in [0.15, 0.2) is 0 Å². The Bertz CT molecular complexity index is 464. The molecular weight excluding hydrogens is 204 g/mol. The van der Waals surface area contributed by atoms with Crippen LogP contribution < -0.4 is 16.6 Å². The van der Waals surface area contributed by atoms with E-state index in [2.05, 4.69) is 20.7 Å². The number of nitrogen functional groups attached to an aromatic ring is 1. The SMILES string of the molecule is Cn1ccnc1CNc1cccc(NN)n1. The highest BCUT2D eigenvalue weighted by atomic mass is 15.3. The molecule has 0 saturated carbocycles. The lowest BCUT2D eigenvalue weighted by atomic mass is 10.4. The van der Waals surface area contributed by atoms with E-state index in [4.69, 9.17) is 5.84 Å². The number of nitrogens with two attached hydrogens (primary N) is 1. The normalized spacial score (nSPS) is 10.1.